The third kappa shape index (κ3) is 1.43. The first kappa shape index (κ1) is 7.46. The first-order valence-corrected chi connectivity index (χ1v) is 3.09. The molecule has 3 N–H and O–H groups in total. The van der Waals surface area contributed by atoms with E-state index in [4.69, 9.17) is 10.8 Å². The van der Waals surface area contributed by atoms with Gasteiger partial charge >= 0.3 is 0 Å². The predicted octanol–water partition coefficient (Wildman–Crippen LogP) is -0.141. The Morgan fingerprint density at radius 3 is 3.00 bits per heavy atom. The molecule has 0 aliphatic rings. The molecule has 5 heteroatoms. The molecule has 0 bridgehead atoms. The monoisotopic (exact) mass is 151 g/mol. The van der Waals surface area contributed by atoms with Crippen molar-refractivity contribution in [2.24, 2.45) is 0 Å². The van der Waals surface area contributed by atoms with Gasteiger partial charge in [-0.05, 0) is 0 Å². The molecule has 11 heavy (non-hydrogen) atoms. The summed E-state index contributed by atoms with van der Waals surface area (Å²) in [6, 6.07) is 0. The highest BCUT2D eigenvalue weighted by molar-refractivity contribution is 5.55. The zero-order valence-electron chi connectivity index (χ0n) is 6.13. The van der Waals surface area contributed by atoms with E-state index in [1.165, 1.54) is 4.57 Å². The minimum absolute atomic E-state index is 0.0546. The lowest BCUT2D eigenvalue weighted by Crippen LogP contribution is -2.21. The van der Waals surface area contributed by atoms with Crippen molar-refractivity contribution < 1.29 is 0 Å². The van der Waals surface area contributed by atoms with Crippen LogP contribution in [0.5, 0.6) is 0 Å². The lowest BCUT2D eigenvalue weighted by Gasteiger charge is -2.01. The van der Waals surface area contributed by atoms with Gasteiger partial charge in [-0.2, -0.15) is 0 Å². The van der Waals surface area contributed by atoms with Crippen molar-refractivity contribution in [1.82, 2.24) is 9.55 Å². The molecule has 0 fully saturated rings. The average Bonchev–Trinajstić information content (AvgIpc) is 2.05. The zero-order chi connectivity index (χ0) is 8.27. The molecule has 1 heterocycles. The maximum Gasteiger partial charge on any atom is 0.227 e. The van der Waals surface area contributed by atoms with Crippen LogP contribution >= 0.6 is 0 Å². The van der Waals surface area contributed by atoms with Crippen LogP contribution in [-0.2, 0) is 0 Å². The van der Waals surface area contributed by atoms with Crippen molar-refractivity contribution in [2.45, 2.75) is 0 Å². The van der Waals surface area contributed by atoms with Crippen molar-refractivity contribution in [3.05, 3.63) is 18.0 Å². The van der Waals surface area contributed by atoms with Crippen LogP contribution in [0.15, 0.2) is 12.4 Å². The molecule has 0 saturated heterocycles. The van der Waals surface area contributed by atoms with E-state index < -0.39 is 0 Å². The van der Waals surface area contributed by atoms with E-state index >= 15 is 0 Å². The summed E-state index contributed by atoms with van der Waals surface area (Å²) in [7, 11) is 1.76. The summed E-state index contributed by atoms with van der Waals surface area (Å²) >= 11 is 0. The molecule has 0 radical (unpaired) electrons. The van der Waals surface area contributed by atoms with Crippen molar-refractivity contribution in [1.29, 1.82) is 10.8 Å². The van der Waals surface area contributed by atoms with Crippen LogP contribution in [0, 0.1) is 10.8 Å². The number of hydrogen-bond donors (Lipinski definition) is 3. The molecular formula is C6H9N5. The third-order valence-corrected chi connectivity index (χ3v) is 1.28. The number of anilines is 1. The molecule has 0 aromatic carbocycles. The van der Waals surface area contributed by atoms with Crippen LogP contribution in [0.3, 0.4) is 0 Å². The highest BCUT2D eigenvalue weighted by atomic mass is 15.1. The Hall–Kier alpha value is -1.65. The Bertz CT molecular complexity index is 313. The lowest BCUT2D eigenvalue weighted by molar-refractivity contribution is 0.894. The maximum absolute atomic E-state index is 7.22. The third-order valence-electron chi connectivity index (χ3n) is 1.28. The SMILES string of the molecule is CNc1cnc(=N)n(C=N)c1. The van der Waals surface area contributed by atoms with Gasteiger partial charge in [-0.1, -0.05) is 0 Å². The van der Waals surface area contributed by atoms with Crippen LogP contribution in [0.4, 0.5) is 5.69 Å². The van der Waals surface area contributed by atoms with Gasteiger partial charge < -0.3 is 5.32 Å². The van der Waals surface area contributed by atoms with Crippen molar-refractivity contribution in [3.8, 4) is 0 Å². The topological polar surface area (TPSA) is 77.6 Å². The minimum atomic E-state index is 0.0546. The Kier molecular flexibility index (Phi) is 2.00. The Balaban J connectivity index is 3.23. The van der Waals surface area contributed by atoms with Gasteiger partial charge in [-0.15, -0.1) is 0 Å². The van der Waals surface area contributed by atoms with Crippen molar-refractivity contribution in [2.75, 3.05) is 12.4 Å². The van der Waals surface area contributed by atoms with Gasteiger partial charge in [0, 0.05) is 13.2 Å². The van der Waals surface area contributed by atoms with E-state index in [1.54, 1.807) is 19.4 Å². The van der Waals surface area contributed by atoms with Crippen LogP contribution in [0.25, 0.3) is 0 Å². The zero-order valence-corrected chi connectivity index (χ0v) is 6.13. The van der Waals surface area contributed by atoms with E-state index in [1.807, 2.05) is 0 Å². The summed E-state index contributed by atoms with van der Waals surface area (Å²) in [5.74, 6) is 0. The number of rotatable bonds is 2. The molecule has 58 valence electrons. The summed E-state index contributed by atoms with van der Waals surface area (Å²) in [6.45, 7) is 0. The number of hydrogen-bond acceptors (Lipinski definition) is 4. The molecule has 0 aliphatic carbocycles. The number of nitrogens with one attached hydrogen (secondary N) is 3. The van der Waals surface area contributed by atoms with E-state index in [0.29, 0.717) is 0 Å². The highest BCUT2D eigenvalue weighted by Crippen LogP contribution is 1.96. The molecular weight excluding hydrogens is 142 g/mol. The second-order valence-electron chi connectivity index (χ2n) is 1.95. The van der Waals surface area contributed by atoms with E-state index in [0.717, 1.165) is 12.0 Å². The fourth-order valence-corrected chi connectivity index (χ4v) is 0.669. The summed E-state index contributed by atoms with van der Waals surface area (Å²) in [5, 5.41) is 17.0. The number of aromatic nitrogens is 2. The van der Waals surface area contributed by atoms with E-state index in [9.17, 15) is 0 Å². The van der Waals surface area contributed by atoms with Crippen molar-refractivity contribution >= 4 is 12.0 Å². The molecule has 1 aromatic heterocycles. The second-order valence-corrected chi connectivity index (χ2v) is 1.95. The van der Waals surface area contributed by atoms with E-state index in [-0.39, 0.29) is 5.62 Å². The maximum atomic E-state index is 7.22. The summed E-state index contributed by atoms with van der Waals surface area (Å²) < 4.78 is 1.31. The van der Waals surface area contributed by atoms with Gasteiger partial charge in [0.1, 0.15) is 0 Å². The molecule has 0 amide bonds. The van der Waals surface area contributed by atoms with Crippen LogP contribution in [0.1, 0.15) is 0 Å². The first-order chi connectivity index (χ1) is 5.27. The molecule has 1 rings (SSSR count). The Morgan fingerprint density at radius 1 is 1.73 bits per heavy atom. The van der Waals surface area contributed by atoms with Crippen LogP contribution in [-0.4, -0.2) is 22.9 Å². The standard InChI is InChI=1S/C6H9N5/c1-9-5-2-10-6(8)11(3-5)4-7/h2-4,7-9H,1H3. The van der Waals surface area contributed by atoms with Crippen molar-refractivity contribution in [3.63, 3.8) is 0 Å². The van der Waals surface area contributed by atoms with Gasteiger partial charge in [0.25, 0.3) is 0 Å². The molecule has 0 unspecified atom stereocenters. The fourth-order valence-electron chi connectivity index (χ4n) is 0.669. The fraction of sp³-hybridized carbons (Fsp3) is 0.167. The first-order valence-electron chi connectivity index (χ1n) is 3.09. The molecule has 0 saturated carbocycles. The summed E-state index contributed by atoms with van der Waals surface area (Å²) in [5.41, 5.74) is 0.837. The Morgan fingerprint density at radius 2 is 2.45 bits per heavy atom. The van der Waals surface area contributed by atoms with Crippen LogP contribution < -0.4 is 10.9 Å². The number of nitrogens with zero attached hydrogens (tertiary/aromatic N) is 2. The van der Waals surface area contributed by atoms with Gasteiger partial charge in [0.2, 0.25) is 5.62 Å². The predicted molar refractivity (Wildman–Crippen MR) is 41.8 cm³/mol. The molecule has 1 aromatic rings. The summed E-state index contributed by atoms with van der Waals surface area (Å²) in [6.07, 6.45) is 4.21. The van der Waals surface area contributed by atoms with E-state index in [2.05, 4.69) is 10.3 Å². The molecule has 0 spiro atoms. The highest BCUT2D eigenvalue weighted by Gasteiger charge is 1.90. The average molecular weight is 151 g/mol. The lowest BCUT2D eigenvalue weighted by atomic mass is 10.5. The van der Waals surface area contributed by atoms with Gasteiger partial charge in [0.05, 0.1) is 18.2 Å². The minimum Gasteiger partial charge on any atom is -0.386 e. The molecule has 0 aliphatic heterocycles. The largest absolute Gasteiger partial charge is 0.386 e. The van der Waals surface area contributed by atoms with Gasteiger partial charge in [-0.3, -0.25) is 15.4 Å². The molecule has 5 nitrogen and oxygen atoms in total. The molecule has 0 atom stereocenters. The second kappa shape index (κ2) is 2.96. The smallest absolute Gasteiger partial charge is 0.227 e. The normalized spacial score (nSPS) is 9.18. The Labute approximate surface area is 63.7 Å². The van der Waals surface area contributed by atoms with Gasteiger partial charge in [0.15, 0.2) is 0 Å². The summed E-state index contributed by atoms with van der Waals surface area (Å²) in [4.78, 5) is 3.74. The van der Waals surface area contributed by atoms with Crippen LogP contribution in [0.2, 0.25) is 0 Å². The van der Waals surface area contributed by atoms with Gasteiger partial charge in [-0.25, -0.2) is 4.98 Å². The quantitative estimate of drug-likeness (QED) is 0.406.